The standard InChI is InChI=1S/C15H27N3S/c1-17(2)15-4-3-9-18(12-15)10-8-16-7-5-14-6-11-19-13-14/h6,11,13,15-16H,3-5,7-10,12H2,1-2H3. The molecule has 1 unspecified atom stereocenters. The summed E-state index contributed by atoms with van der Waals surface area (Å²) in [4.78, 5) is 4.97. The van der Waals surface area contributed by atoms with Gasteiger partial charge in [-0.05, 0) is 68.8 Å². The highest BCUT2D eigenvalue weighted by molar-refractivity contribution is 7.07. The Kier molecular flexibility index (Phi) is 6.31. The van der Waals surface area contributed by atoms with Crippen LogP contribution in [0.4, 0.5) is 0 Å². The van der Waals surface area contributed by atoms with Crippen LogP contribution in [0.5, 0.6) is 0 Å². The minimum absolute atomic E-state index is 0.750. The summed E-state index contributed by atoms with van der Waals surface area (Å²) < 4.78 is 0. The summed E-state index contributed by atoms with van der Waals surface area (Å²) in [6.07, 6.45) is 3.86. The van der Waals surface area contributed by atoms with Gasteiger partial charge in [-0.25, -0.2) is 0 Å². The van der Waals surface area contributed by atoms with E-state index >= 15 is 0 Å². The van der Waals surface area contributed by atoms with Crippen LogP contribution in [0, 0.1) is 0 Å². The van der Waals surface area contributed by atoms with Gasteiger partial charge in [-0.2, -0.15) is 11.3 Å². The maximum atomic E-state index is 3.56. The Morgan fingerprint density at radius 2 is 2.32 bits per heavy atom. The Bertz CT molecular complexity index is 337. The van der Waals surface area contributed by atoms with Crippen molar-refractivity contribution in [1.82, 2.24) is 15.1 Å². The van der Waals surface area contributed by atoms with Crippen molar-refractivity contribution in [3.8, 4) is 0 Å². The van der Waals surface area contributed by atoms with Crippen molar-refractivity contribution in [2.45, 2.75) is 25.3 Å². The molecule has 0 aliphatic carbocycles. The normalized spacial score (nSPS) is 21.1. The van der Waals surface area contributed by atoms with Gasteiger partial charge in [-0.3, -0.25) is 0 Å². The molecule has 1 aromatic rings. The fourth-order valence-electron chi connectivity index (χ4n) is 2.69. The second-order valence-electron chi connectivity index (χ2n) is 5.69. The zero-order valence-corrected chi connectivity index (χ0v) is 13.1. The molecule has 1 N–H and O–H groups in total. The van der Waals surface area contributed by atoms with E-state index in [0.717, 1.165) is 25.6 Å². The quantitative estimate of drug-likeness (QED) is 0.770. The number of thiophene rings is 1. The highest BCUT2D eigenvalue weighted by Crippen LogP contribution is 2.12. The maximum absolute atomic E-state index is 3.56. The number of piperidine rings is 1. The summed E-state index contributed by atoms with van der Waals surface area (Å²) in [6.45, 7) is 5.91. The average molecular weight is 281 g/mol. The molecule has 3 nitrogen and oxygen atoms in total. The van der Waals surface area contributed by atoms with Crippen LogP contribution in [0.25, 0.3) is 0 Å². The Labute approximate surface area is 121 Å². The van der Waals surface area contributed by atoms with Crippen LogP contribution in [-0.2, 0) is 6.42 Å². The molecule has 0 radical (unpaired) electrons. The van der Waals surface area contributed by atoms with E-state index in [-0.39, 0.29) is 0 Å². The first-order valence-electron chi connectivity index (χ1n) is 7.36. The lowest BCUT2D eigenvalue weighted by atomic mass is 10.1. The van der Waals surface area contributed by atoms with Gasteiger partial charge >= 0.3 is 0 Å². The van der Waals surface area contributed by atoms with E-state index in [4.69, 9.17) is 0 Å². The van der Waals surface area contributed by atoms with Crippen molar-refractivity contribution in [3.63, 3.8) is 0 Å². The topological polar surface area (TPSA) is 18.5 Å². The van der Waals surface area contributed by atoms with Gasteiger partial charge in [0, 0.05) is 25.7 Å². The molecule has 0 aromatic carbocycles. The van der Waals surface area contributed by atoms with Gasteiger partial charge in [0.15, 0.2) is 0 Å². The van der Waals surface area contributed by atoms with Crippen molar-refractivity contribution in [2.75, 3.05) is 46.8 Å². The molecule has 1 saturated heterocycles. The summed E-state index contributed by atoms with van der Waals surface area (Å²) in [7, 11) is 4.40. The highest BCUT2D eigenvalue weighted by Gasteiger charge is 2.20. The fraction of sp³-hybridized carbons (Fsp3) is 0.733. The number of hydrogen-bond acceptors (Lipinski definition) is 4. The Morgan fingerprint density at radius 1 is 1.42 bits per heavy atom. The van der Waals surface area contributed by atoms with Crippen LogP contribution < -0.4 is 5.32 Å². The van der Waals surface area contributed by atoms with E-state index in [1.54, 1.807) is 11.3 Å². The molecule has 0 amide bonds. The van der Waals surface area contributed by atoms with Crippen LogP contribution in [-0.4, -0.2) is 62.7 Å². The number of rotatable bonds is 7. The van der Waals surface area contributed by atoms with E-state index in [0.29, 0.717) is 0 Å². The third-order valence-electron chi connectivity index (χ3n) is 3.99. The van der Waals surface area contributed by atoms with Crippen molar-refractivity contribution >= 4 is 11.3 Å². The van der Waals surface area contributed by atoms with Gasteiger partial charge < -0.3 is 15.1 Å². The van der Waals surface area contributed by atoms with Gasteiger partial charge in [0.25, 0.3) is 0 Å². The maximum Gasteiger partial charge on any atom is 0.0217 e. The largest absolute Gasteiger partial charge is 0.315 e. The molecule has 1 fully saturated rings. The Balaban J connectivity index is 1.55. The number of likely N-dealkylation sites (tertiary alicyclic amines) is 1. The van der Waals surface area contributed by atoms with E-state index in [2.05, 4.69) is 46.0 Å². The summed E-state index contributed by atoms with van der Waals surface area (Å²) >= 11 is 1.79. The van der Waals surface area contributed by atoms with E-state index in [1.807, 2.05) is 0 Å². The van der Waals surface area contributed by atoms with Crippen LogP contribution in [0.1, 0.15) is 18.4 Å². The molecule has 2 rings (SSSR count). The second-order valence-corrected chi connectivity index (χ2v) is 6.47. The summed E-state index contributed by atoms with van der Waals surface area (Å²) in [6, 6.07) is 2.97. The number of hydrogen-bond donors (Lipinski definition) is 1. The van der Waals surface area contributed by atoms with E-state index in [9.17, 15) is 0 Å². The first-order chi connectivity index (χ1) is 9.25. The van der Waals surface area contributed by atoms with Crippen molar-refractivity contribution in [1.29, 1.82) is 0 Å². The van der Waals surface area contributed by atoms with E-state index < -0.39 is 0 Å². The summed E-state index contributed by atoms with van der Waals surface area (Å²) in [5.41, 5.74) is 1.46. The Morgan fingerprint density at radius 3 is 3.05 bits per heavy atom. The lowest BCUT2D eigenvalue weighted by molar-refractivity contribution is 0.134. The molecule has 1 atom stereocenters. The zero-order chi connectivity index (χ0) is 13.5. The summed E-state index contributed by atoms with van der Waals surface area (Å²) in [5, 5.41) is 7.97. The van der Waals surface area contributed by atoms with Gasteiger partial charge in [0.1, 0.15) is 0 Å². The van der Waals surface area contributed by atoms with Gasteiger partial charge in [0.2, 0.25) is 0 Å². The second kappa shape index (κ2) is 8.00. The number of nitrogens with zero attached hydrogens (tertiary/aromatic N) is 2. The first kappa shape index (κ1) is 15.0. The van der Waals surface area contributed by atoms with Crippen LogP contribution in [0.3, 0.4) is 0 Å². The van der Waals surface area contributed by atoms with Crippen LogP contribution in [0.15, 0.2) is 16.8 Å². The molecule has 1 aliphatic heterocycles. The number of likely N-dealkylation sites (N-methyl/N-ethyl adjacent to an activating group) is 1. The fourth-order valence-corrected chi connectivity index (χ4v) is 3.39. The molecule has 0 bridgehead atoms. The zero-order valence-electron chi connectivity index (χ0n) is 12.3. The molecule has 1 aliphatic rings. The first-order valence-corrected chi connectivity index (χ1v) is 8.30. The lowest BCUT2D eigenvalue weighted by Crippen LogP contribution is -2.46. The monoisotopic (exact) mass is 281 g/mol. The van der Waals surface area contributed by atoms with Crippen LogP contribution >= 0.6 is 11.3 Å². The molecule has 4 heteroatoms. The minimum Gasteiger partial charge on any atom is -0.315 e. The van der Waals surface area contributed by atoms with Crippen molar-refractivity contribution < 1.29 is 0 Å². The summed E-state index contributed by atoms with van der Waals surface area (Å²) in [5.74, 6) is 0. The third kappa shape index (κ3) is 5.22. The van der Waals surface area contributed by atoms with Crippen LogP contribution in [0.2, 0.25) is 0 Å². The molecule has 1 aromatic heterocycles. The minimum atomic E-state index is 0.750. The average Bonchev–Trinajstić information content (AvgIpc) is 2.92. The van der Waals surface area contributed by atoms with Gasteiger partial charge in [0.05, 0.1) is 0 Å². The lowest BCUT2D eigenvalue weighted by Gasteiger charge is -2.36. The molecule has 108 valence electrons. The molecular formula is C15H27N3S. The highest BCUT2D eigenvalue weighted by atomic mass is 32.1. The van der Waals surface area contributed by atoms with E-state index in [1.165, 1.54) is 38.0 Å². The molecule has 0 spiro atoms. The van der Waals surface area contributed by atoms with Crippen molar-refractivity contribution in [3.05, 3.63) is 22.4 Å². The SMILES string of the molecule is CN(C)C1CCCN(CCNCCc2ccsc2)C1. The Hall–Kier alpha value is -0.420. The van der Waals surface area contributed by atoms with Gasteiger partial charge in [-0.15, -0.1) is 0 Å². The molecule has 19 heavy (non-hydrogen) atoms. The molecule has 2 heterocycles. The third-order valence-corrected chi connectivity index (χ3v) is 4.72. The predicted molar refractivity (Wildman–Crippen MR) is 84.0 cm³/mol. The predicted octanol–water partition coefficient (Wildman–Crippen LogP) is 1.91. The smallest absolute Gasteiger partial charge is 0.0217 e. The molecule has 0 saturated carbocycles. The van der Waals surface area contributed by atoms with Gasteiger partial charge in [-0.1, -0.05) is 0 Å². The number of nitrogens with one attached hydrogen (secondary N) is 1. The molecular weight excluding hydrogens is 254 g/mol. The van der Waals surface area contributed by atoms with Crippen molar-refractivity contribution in [2.24, 2.45) is 0 Å².